The van der Waals surface area contributed by atoms with Gasteiger partial charge in [-0.3, -0.25) is 0 Å². The SMILES string of the molecule is Bc1c(C)c(F)c(F)c2c(F)c(F)c(F)c(F)c12. The molecule has 2 aromatic carbocycles. The first-order valence-corrected chi connectivity index (χ1v) is 4.88. The van der Waals surface area contributed by atoms with Crippen molar-refractivity contribution in [1.29, 1.82) is 0 Å². The molecule has 0 N–H and O–H groups in total. The smallest absolute Gasteiger partial charge is 0.198 e. The Hall–Kier alpha value is -1.66. The Morgan fingerprint density at radius 2 is 1.00 bits per heavy atom. The van der Waals surface area contributed by atoms with Crippen molar-refractivity contribution in [3.8, 4) is 0 Å². The molecular formula is C11H5BF6. The second kappa shape index (κ2) is 3.93. The van der Waals surface area contributed by atoms with Gasteiger partial charge < -0.3 is 0 Å². The van der Waals surface area contributed by atoms with E-state index in [9.17, 15) is 26.3 Å². The summed E-state index contributed by atoms with van der Waals surface area (Å²) in [5, 5.41) is -2.00. The Bertz CT molecular complexity index is 567. The van der Waals surface area contributed by atoms with Gasteiger partial charge in [0.25, 0.3) is 0 Å². The fourth-order valence-corrected chi connectivity index (χ4v) is 1.82. The normalized spacial score (nSPS) is 11.3. The number of rotatable bonds is 0. The largest absolute Gasteiger partial charge is 0.203 e. The number of hydrogen-bond acceptors (Lipinski definition) is 0. The van der Waals surface area contributed by atoms with Crippen LogP contribution in [-0.2, 0) is 0 Å². The minimum Gasteiger partial charge on any atom is -0.203 e. The molecule has 0 nitrogen and oxygen atoms in total. The van der Waals surface area contributed by atoms with Crippen LogP contribution in [0.25, 0.3) is 10.8 Å². The molecule has 0 saturated carbocycles. The third kappa shape index (κ3) is 1.42. The summed E-state index contributed by atoms with van der Waals surface area (Å²) in [6.45, 7) is 1.13. The van der Waals surface area contributed by atoms with Crippen molar-refractivity contribution < 1.29 is 26.3 Å². The fourth-order valence-electron chi connectivity index (χ4n) is 1.82. The van der Waals surface area contributed by atoms with Crippen molar-refractivity contribution in [2.24, 2.45) is 0 Å². The number of hydrogen-bond donors (Lipinski definition) is 0. The Labute approximate surface area is 98.6 Å². The van der Waals surface area contributed by atoms with Crippen molar-refractivity contribution in [3.63, 3.8) is 0 Å². The molecule has 7 heteroatoms. The Morgan fingerprint density at radius 3 is 1.50 bits per heavy atom. The van der Waals surface area contributed by atoms with Gasteiger partial charge in [0.05, 0.1) is 5.39 Å². The van der Waals surface area contributed by atoms with Gasteiger partial charge in [0.1, 0.15) is 7.85 Å². The van der Waals surface area contributed by atoms with Crippen LogP contribution < -0.4 is 5.46 Å². The summed E-state index contributed by atoms with van der Waals surface area (Å²) < 4.78 is 79.9. The van der Waals surface area contributed by atoms with Gasteiger partial charge in [0.2, 0.25) is 0 Å². The first kappa shape index (κ1) is 12.8. The van der Waals surface area contributed by atoms with Crippen LogP contribution in [0, 0.1) is 41.8 Å². The molecule has 0 aliphatic rings. The number of fused-ring (bicyclic) bond motifs is 1. The molecule has 0 aliphatic carbocycles. The van der Waals surface area contributed by atoms with Crippen molar-refractivity contribution in [1.82, 2.24) is 0 Å². The van der Waals surface area contributed by atoms with E-state index in [0.29, 0.717) is 0 Å². The van der Waals surface area contributed by atoms with Crippen molar-refractivity contribution in [2.45, 2.75) is 6.92 Å². The highest BCUT2D eigenvalue weighted by atomic mass is 19.2. The lowest BCUT2D eigenvalue weighted by molar-refractivity contribution is 0.414. The van der Waals surface area contributed by atoms with Gasteiger partial charge in [-0.2, -0.15) is 0 Å². The summed E-state index contributed by atoms with van der Waals surface area (Å²) >= 11 is 0. The molecule has 0 aliphatic heterocycles. The standard InChI is InChI=1S/C11H5BF6/c1-2-5(12)3-4(8(15)6(2)13)9(16)11(18)10(17)7(3)14/h12H2,1H3. The summed E-state index contributed by atoms with van der Waals surface area (Å²) in [5.74, 6) is -11.0. The minimum absolute atomic E-state index is 0.181. The highest BCUT2D eigenvalue weighted by molar-refractivity contribution is 6.40. The zero-order chi connectivity index (χ0) is 13.8. The molecule has 18 heavy (non-hydrogen) atoms. The molecule has 0 atom stereocenters. The lowest BCUT2D eigenvalue weighted by atomic mass is 9.85. The van der Waals surface area contributed by atoms with E-state index in [1.165, 1.54) is 7.85 Å². The third-order valence-electron chi connectivity index (χ3n) is 2.95. The van der Waals surface area contributed by atoms with Gasteiger partial charge in [-0.1, -0.05) is 5.46 Å². The summed E-state index contributed by atoms with van der Waals surface area (Å²) in [4.78, 5) is 0. The molecule has 0 heterocycles. The van der Waals surface area contributed by atoms with Gasteiger partial charge in [-0.25, -0.2) is 26.3 Å². The maximum absolute atomic E-state index is 13.5. The highest BCUT2D eigenvalue weighted by Crippen LogP contribution is 2.29. The van der Waals surface area contributed by atoms with Crippen LogP contribution in [0.5, 0.6) is 0 Å². The van der Waals surface area contributed by atoms with E-state index in [0.717, 1.165) is 6.92 Å². The molecule has 2 aromatic rings. The Kier molecular flexibility index (Phi) is 2.79. The summed E-state index contributed by atoms with van der Waals surface area (Å²) in [6.07, 6.45) is 0. The van der Waals surface area contributed by atoms with Gasteiger partial charge in [-0.15, -0.1) is 0 Å². The highest BCUT2D eigenvalue weighted by Gasteiger charge is 2.27. The van der Waals surface area contributed by atoms with Crippen LogP contribution in [0.1, 0.15) is 5.56 Å². The molecule has 0 saturated heterocycles. The van der Waals surface area contributed by atoms with Crippen LogP contribution in [0.2, 0.25) is 0 Å². The van der Waals surface area contributed by atoms with Gasteiger partial charge in [0, 0.05) is 5.39 Å². The van der Waals surface area contributed by atoms with Crippen molar-refractivity contribution in [2.75, 3.05) is 0 Å². The second-order valence-electron chi connectivity index (χ2n) is 3.88. The monoisotopic (exact) mass is 262 g/mol. The third-order valence-corrected chi connectivity index (χ3v) is 2.95. The molecule has 2 rings (SSSR count). The van der Waals surface area contributed by atoms with Gasteiger partial charge in [0.15, 0.2) is 34.9 Å². The molecule has 0 amide bonds. The molecule has 0 fully saturated rings. The van der Waals surface area contributed by atoms with E-state index < -0.39 is 45.7 Å². The van der Waals surface area contributed by atoms with Crippen LogP contribution in [0.4, 0.5) is 26.3 Å². The molecule has 0 aromatic heterocycles. The van der Waals surface area contributed by atoms with E-state index in [2.05, 4.69) is 0 Å². The minimum atomic E-state index is -2.17. The second-order valence-corrected chi connectivity index (χ2v) is 3.88. The molecular weight excluding hydrogens is 257 g/mol. The summed E-state index contributed by atoms with van der Waals surface area (Å²) in [6, 6.07) is 0. The Balaban J connectivity index is 3.22. The predicted octanol–water partition coefficient (Wildman–Crippen LogP) is 2.24. The lowest BCUT2D eigenvalue weighted by Crippen LogP contribution is -2.17. The van der Waals surface area contributed by atoms with Crippen molar-refractivity contribution in [3.05, 3.63) is 40.5 Å². The van der Waals surface area contributed by atoms with Crippen LogP contribution >= 0.6 is 0 Å². The first-order chi connectivity index (χ1) is 8.29. The number of halogens is 6. The summed E-state index contributed by atoms with van der Waals surface area (Å²) in [5.41, 5.74) is -0.469. The van der Waals surface area contributed by atoms with E-state index in [4.69, 9.17) is 0 Å². The van der Waals surface area contributed by atoms with E-state index in [-0.39, 0.29) is 11.0 Å². The number of benzene rings is 2. The fraction of sp³-hybridized carbons (Fsp3) is 0.0909. The predicted molar refractivity (Wildman–Crippen MR) is 56.6 cm³/mol. The average Bonchev–Trinajstić information content (AvgIpc) is 2.35. The average molecular weight is 262 g/mol. The van der Waals surface area contributed by atoms with Crippen LogP contribution in [0.15, 0.2) is 0 Å². The zero-order valence-electron chi connectivity index (χ0n) is 9.27. The molecule has 0 bridgehead atoms. The Morgan fingerprint density at radius 1 is 0.611 bits per heavy atom. The van der Waals surface area contributed by atoms with E-state index in [1.54, 1.807) is 0 Å². The van der Waals surface area contributed by atoms with E-state index >= 15 is 0 Å². The lowest BCUT2D eigenvalue weighted by Gasteiger charge is -2.12. The molecule has 0 spiro atoms. The van der Waals surface area contributed by atoms with Gasteiger partial charge in [-0.05, 0) is 12.5 Å². The molecule has 0 unspecified atom stereocenters. The quantitative estimate of drug-likeness (QED) is 0.295. The maximum atomic E-state index is 13.5. The topological polar surface area (TPSA) is 0 Å². The maximum Gasteiger partial charge on any atom is 0.198 e. The van der Waals surface area contributed by atoms with Crippen LogP contribution in [-0.4, -0.2) is 7.85 Å². The molecule has 94 valence electrons. The molecule has 0 radical (unpaired) electrons. The zero-order valence-corrected chi connectivity index (χ0v) is 9.27. The van der Waals surface area contributed by atoms with Gasteiger partial charge >= 0.3 is 0 Å². The van der Waals surface area contributed by atoms with Crippen molar-refractivity contribution >= 4 is 24.1 Å². The van der Waals surface area contributed by atoms with Crippen LogP contribution in [0.3, 0.4) is 0 Å². The first-order valence-electron chi connectivity index (χ1n) is 4.88. The van der Waals surface area contributed by atoms with E-state index in [1.807, 2.05) is 0 Å². The summed E-state index contributed by atoms with van der Waals surface area (Å²) in [7, 11) is 1.17.